The number of rotatable bonds is 7. The summed E-state index contributed by atoms with van der Waals surface area (Å²) in [5.74, 6) is -1.98. The second-order valence-electron chi connectivity index (χ2n) is 10.4. The van der Waals surface area contributed by atoms with Crippen LogP contribution in [0.5, 0.6) is 0 Å². The molecule has 1 aromatic carbocycles. The Labute approximate surface area is 240 Å². The second kappa shape index (κ2) is 10.8. The Bertz CT molecular complexity index is 1500. The van der Waals surface area contributed by atoms with Gasteiger partial charge in [-0.25, -0.2) is 26.9 Å². The van der Waals surface area contributed by atoms with E-state index in [1.54, 1.807) is 18.5 Å². The minimum Gasteiger partial charge on any atom is -0.481 e. The Hall–Kier alpha value is -2.87. The third-order valence-electron chi connectivity index (χ3n) is 7.89. The Balaban J connectivity index is 1.45. The van der Waals surface area contributed by atoms with Crippen molar-refractivity contribution in [1.29, 1.82) is 0 Å². The topological polar surface area (TPSA) is 138 Å². The van der Waals surface area contributed by atoms with Crippen molar-refractivity contribution in [2.24, 2.45) is 16.3 Å². The van der Waals surface area contributed by atoms with Crippen molar-refractivity contribution in [3.8, 4) is 0 Å². The summed E-state index contributed by atoms with van der Waals surface area (Å²) in [5.41, 5.74) is 0.151. The van der Waals surface area contributed by atoms with Gasteiger partial charge in [-0.1, -0.05) is 17.7 Å². The number of amidine groups is 1. The molecule has 0 amide bonds. The quantitative estimate of drug-likeness (QED) is 0.452. The van der Waals surface area contributed by atoms with Crippen molar-refractivity contribution in [3.05, 3.63) is 62.5 Å². The highest BCUT2D eigenvalue weighted by Crippen LogP contribution is 2.46. The van der Waals surface area contributed by atoms with Crippen molar-refractivity contribution in [3.63, 3.8) is 0 Å². The molecule has 3 aliphatic rings. The molecule has 2 N–H and O–H groups in total. The molecule has 3 heterocycles. The van der Waals surface area contributed by atoms with Gasteiger partial charge in [0, 0.05) is 46.9 Å². The summed E-state index contributed by atoms with van der Waals surface area (Å²) in [6.45, 7) is 1.98. The smallest absolute Gasteiger partial charge is 0.338 e. The molecule has 2 aliphatic heterocycles. The maximum absolute atomic E-state index is 13.9. The lowest BCUT2D eigenvalue weighted by Crippen LogP contribution is -2.54. The Morgan fingerprint density at radius 2 is 1.98 bits per heavy atom. The van der Waals surface area contributed by atoms with E-state index < -0.39 is 44.5 Å². The average Bonchev–Trinajstić information content (AvgIpc) is 3.45. The first-order chi connectivity index (χ1) is 18.9. The molecular formula is C26H28ClFN4O6S2. The number of carboxylic acids is 1. The number of esters is 1. The van der Waals surface area contributed by atoms with Gasteiger partial charge in [0.1, 0.15) is 11.9 Å². The normalized spacial score (nSPS) is 26.1. The largest absolute Gasteiger partial charge is 0.481 e. The molecule has 1 atom stereocenters. The highest BCUT2D eigenvalue weighted by molar-refractivity contribution is 7.89. The molecule has 2 aromatic rings. The number of aliphatic carboxylic acids is 1. The zero-order chi connectivity index (χ0) is 28.8. The van der Waals surface area contributed by atoms with E-state index in [9.17, 15) is 27.5 Å². The SMILES string of the molecule is COC(=O)C1=C(C2CCN(S(=O)(=O)C3CC(C)(C(=O)O)C3)CC2)NC(c2nccs2)=NC1c1ccc(F)cc1Cl. The van der Waals surface area contributed by atoms with Gasteiger partial charge >= 0.3 is 11.9 Å². The highest BCUT2D eigenvalue weighted by atomic mass is 35.5. The van der Waals surface area contributed by atoms with Crippen LogP contribution in [0.15, 0.2) is 46.0 Å². The fourth-order valence-electron chi connectivity index (χ4n) is 5.56. The lowest BCUT2D eigenvalue weighted by Gasteiger charge is -2.44. The van der Waals surface area contributed by atoms with Crippen LogP contribution in [-0.4, -0.2) is 66.0 Å². The van der Waals surface area contributed by atoms with Crippen LogP contribution < -0.4 is 5.32 Å². The van der Waals surface area contributed by atoms with E-state index in [4.69, 9.17) is 21.3 Å². The molecule has 1 aromatic heterocycles. The number of hydrogen-bond acceptors (Lipinski definition) is 9. The Morgan fingerprint density at radius 1 is 1.27 bits per heavy atom. The van der Waals surface area contributed by atoms with Gasteiger partial charge in [0.2, 0.25) is 10.0 Å². The maximum atomic E-state index is 13.9. The lowest BCUT2D eigenvalue weighted by molar-refractivity contribution is -0.152. The average molecular weight is 611 g/mol. The third kappa shape index (κ3) is 5.15. The molecule has 5 rings (SSSR count). The van der Waals surface area contributed by atoms with Crippen LogP contribution >= 0.6 is 22.9 Å². The first kappa shape index (κ1) is 28.7. The minimum absolute atomic E-state index is 0.0809. The summed E-state index contributed by atoms with van der Waals surface area (Å²) in [6, 6.07) is 2.98. The summed E-state index contributed by atoms with van der Waals surface area (Å²) in [6.07, 6.45) is 2.59. The van der Waals surface area contributed by atoms with Crippen LogP contribution in [0.25, 0.3) is 0 Å². The summed E-state index contributed by atoms with van der Waals surface area (Å²) in [7, 11) is -2.41. The third-order valence-corrected chi connectivity index (χ3v) is 11.3. The fourth-order valence-corrected chi connectivity index (χ4v) is 8.72. The number of nitrogens with one attached hydrogen (secondary N) is 1. The number of hydrogen-bond donors (Lipinski definition) is 2. The van der Waals surface area contributed by atoms with Gasteiger partial charge in [-0.05, 0) is 44.7 Å². The van der Waals surface area contributed by atoms with Crippen molar-refractivity contribution < 1.29 is 32.2 Å². The second-order valence-corrected chi connectivity index (χ2v) is 14.0. The molecule has 1 saturated heterocycles. The monoisotopic (exact) mass is 610 g/mol. The van der Waals surface area contributed by atoms with E-state index >= 15 is 0 Å². The standard InChI is InChI=1S/C26H28ClFN4O6S2/c1-26(25(34)35)12-16(13-26)40(36,37)32-8-5-14(6-9-32)20-19(24(33)38-2)21(17-4-3-15(28)11-18(17)27)31-22(30-20)23-29-7-10-39-23/h3-4,7,10-11,14,16,21H,5-6,8-9,12-13H2,1-2H3,(H,30,31)(H,34,35). The zero-order valence-corrected chi connectivity index (χ0v) is 24.2. The van der Waals surface area contributed by atoms with Crippen LogP contribution in [0.2, 0.25) is 5.02 Å². The van der Waals surface area contributed by atoms with Gasteiger partial charge in [0.05, 0.1) is 23.3 Å². The number of aliphatic imine (C=N–C) groups is 1. The number of aromatic nitrogens is 1. The first-order valence-corrected chi connectivity index (χ1v) is 15.4. The lowest BCUT2D eigenvalue weighted by atomic mass is 9.70. The molecule has 0 bridgehead atoms. The summed E-state index contributed by atoms with van der Waals surface area (Å²) < 4.78 is 46.9. The van der Waals surface area contributed by atoms with Crippen molar-refractivity contribution in [2.75, 3.05) is 20.2 Å². The van der Waals surface area contributed by atoms with Gasteiger partial charge in [-0.2, -0.15) is 0 Å². The number of sulfonamides is 1. The van der Waals surface area contributed by atoms with E-state index in [1.165, 1.54) is 34.9 Å². The maximum Gasteiger partial charge on any atom is 0.338 e. The van der Waals surface area contributed by atoms with Crippen molar-refractivity contribution >= 4 is 50.7 Å². The van der Waals surface area contributed by atoms with Gasteiger partial charge in [-0.3, -0.25) is 9.79 Å². The minimum atomic E-state index is -3.67. The number of ether oxygens (including phenoxy) is 1. The number of methoxy groups -OCH3 is 1. The van der Waals surface area contributed by atoms with Gasteiger partial charge < -0.3 is 15.2 Å². The summed E-state index contributed by atoms with van der Waals surface area (Å²) in [4.78, 5) is 33.7. The van der Waals surface area contributed by atoms with Crippen LogP contribution in [0, 0.1) is 17.2 Å². The molecular weight excluding hydrogens is 583 g/mol. The molecule has 14 heteroatoms. The molecule has 0 radical (unpaired) electrons. The first-order valence-electron chi connectivity index (χ1n) is 12.7. The van der Waals surface area contributed by atoms with Crippen LogP contribution in [-0.2, 0) is 24.3 Å². The number of allylic oxidation sites excluding steroid dienone is 1. The fraction of sp³-hybridized carbons (Fsp3) is 0.462. The van der Waals surface area contributed by atoms with E-state index in [0.29, 0.717) is 34.9 Å². The predicted octanol–water partition coefficient (Wildman–Crippen LogP) is 3.75. The molecule has 1 aliphatic carbocycles. The Kier molecular flexibility index (Phi) is 7.77. The molecule has 10 nitrogen and oxygen atoms in total. The van der Waals surface area contributed by atoms with Gasteiger partial charge in [-0.15, -0.1) is 11.3 Å². The summed E-state index contributed by atoms with van der Waals surface area (Å²) >= 11 is 7.76. The van der Waals surface area contributed by atoms with Crippen LogP contribution in [0.1, 0.15) is 49.2 Å². The number of carbonyl (C=O) groups excluding carboxylic acids is 1. The highest BCUT2D eigenvalue weighted by Gasteiger charge is 2.53. The van der Waals surface area contributed by atoms with Gasteiger partial charge in [0.15, 0.2) is 10.8 Å². The van der Waals surface area contributed by atoms with Crippen molar-refractivity contribution in [1.82, 2.24) is 14.6 Å². The number of thiazole rings is 1. The van der Waals surface area contributed by atoms with Crippen molar-refractivity contribution in [2.45, 2.75) is 43.9 Å². The molecule has 1 saturated carbocycles. The number of halogens is 2. The van der Waals surface area contributed by atoms with E-state index in [0.717, 1.165) is 6.07 Å². The number of carboxylic acid groups (broad SMARTS) is 1. The number of benzene rings is 1. The molecule has 0 spiro atoms. The molecule has 40 heavy (non-hydrogen) atoms. The van der Waals surface area contributed by atoms with E-state index in [-0.39, 0.29) is 42.4 Å². The van der Waals surface area contributed by atoms with Gasteiger partial charge in [0.25, 0.3) is 0 Å². The molecule has 214 valence electrons. The van der Waals surface area contributed by atoms with Crippen LogP contribution in [0.4, 0.5) is 4.39 Å². The van der Waals surface area contributed by atoms with Crippen LogP contribution in [0.3, 0.4) is 0 Å². The predicted molar refractivity (Wildman–Crippen MR) is 147 cm³/mol. The number of piperidine rings is 1. The molecule has 2 fully saturated rings. The van der Waals surface area contributed by atoms with E-state index in [2.05, 4.69) is 10.3 Å². The summed E-state index contributed by atoms with van der Waals surface area (Å²) in [5, 5.41) is 14.4. The number of carbonyl (C=O) groups is 2. The molecule has 1 unspecified atom stereocenters. The number of nitrogens with zero attached hydrogens (tertiary/aromatic N) is 3. The Morgan fingerprint density at radius 3 is 2.55 bits per heavy atom. The zero-order valence-electron chi connectivity index (χ0n) is 21.8. The van der Waals surface area contributed by atoms with E-state index in [1.807, 2.05) is 0 Å².